The molecule has 0 spiro atoms. The molecule has 0 fully saturated rings. The summed E-state index contributed by atoms with van der Waals surface area (Å²) in [6, 6.07) is 0. The van der Waals surface area contributed by atoms with Gasteiger partial charge in [0.25, 0.3) is 0 Å². The van der Waals surface area contributed by atoms with Crippen molar-refractivity contribution in [3.63, 3.8) is 0 Å². The van der Waals surface area contributed by atoms with Gasteiger partial charge in [0.1, 0.15) is 0 Å². The molecule has 0 aliphatic carbocycles. The Morgan fingerprint density at radius 1 is 1.10 bits per heavy atom. The zero-order valence-electron chi connectivity index (χ0n) is 7.45. The van der Waals surface area contributed by atoms with Gasteiger partial charge in [0.15, 0.2) is 0 Å². The zero-order chi connectivity index (χ0) is 7.66. The van der Waals surface area contributed by atoms with Crippen molar-refractivity contribution in [2.24, 2.45) is 0 Å². The van der Waals surface area contributed by atoms with E-state index in [-0.39, 0.29) is 0 Å². The standard InChI is InChI=1S/C8H22P2/c1-3-5-6-7-8-10-9-4-2/h10H,3-8H2,1-2,9H3. The van der Waals surface area contributed by atoms with Crippen LogP contribution in [0.25, 0.3) is 0 Å². The van der Waals surface area contributed by atoms with Crippen LogP contribution in [0.2, 0.25) is 0 Å². The van der Waals surface area contributed by atoms with Crippen LogP contribution in [0.3, 0.4) is 0 Å². The summed E-state index contributed by atoms with van der Waals surface area (Å²) in [4.78, 5) is 0. The van der Waals surface area contributed by atoms with Crippen LogP contribution in [0, 0.1) is 0 Å². The maximum absolute atomic E-state index is 2.34. The predicted octanol–water partition coefficient (Wildman–Crippen LogP) is 3.32. The topological polar surface area (TPSA) is 0 Å². The fourth-order valence-electron chi connectivity index (χ4n) is 0.979. The Morgan fingerprint density at radius 2 is 1.90 bits per heavy atom. The second-order valence-electron chi connectivity index (χ2n) is 2.81. The molecule has 0 aromatic carbocycles. The zero-order valence-corrected chi connectivity index (χ0v) is 9.86. The van der Waals surface area contributed by atoms with E-state index >= 15 is 0 Å². The first kappa shape index (κ1) is 10.9. The van der Waals surface area contributed by atoms with Gasteiger partial charge in [0, 0.05) is 0 Å². The summed E-state index contributed by atoms with van der Waals surface area (Å²) in [6.45, 7) is 4.62. The van der Waals surface area contributed by atoms with Gasteiger partial charge in [0.2, 0.25) is 0 Å². The van der Waals surface area contributed by atoms with E-state index in [4.69, 9.17) is 0 Å². The monoisotopic (exact) mass is 180 g/mol. The summed E-state index contributed by atoms with van der Waals surface area (Å²) in [6.07, 6.45) is 8.92. The van der Waals surface area contributed by atoms with Crippen molar-refractivity contribution < 1.29 is 0 Å². The van der Waals surface area contributed by atoms with Gasteiger partial charge in [0.05, 0.1) is 0 Å². The van der Waals surface area contributed by atoms with Crippen molar-refractivity contribution >= 4 is 16.5 Å². The molecular formula is C8H22P2. The average Bonchev–Trinajstić information content (AvgIpc) is 1.97. The molecule has 0 amide bonds. The third-order valence-electron chi connectivity index (χ3n) is 1.63. The minimum atomic E-state index is 0.415. The van der Waals surface area contributed by atoms with E-state index in [0.29, 0.717) is 8.27 Å². The normalized spacial score (nSPS) is 11.8. The molecule has 0 bridgehead atoms. The van der Waals surface area contributed by atoms with Crippen molar-refractivity contribution in [1.82, 2.24) is 0 Å². The first-order valence-corrected chi connectivity index (χ1v) is 9.16. The third-order valence-corrected chi connectivity index (χ3v) is 6.82. The Kier molecular flexibility index (Phi) is 10.7. The molecule has 0 aliphatic rings. The van der Waals surface area contributed by atoms with Crippen LogP contribution in [-0.4, -0.2) is 12.3 Å². The fourth-order valence-corrected chi connectivity index (χ4v) is 4.64. The van der Waals surface area contributed by atoms with Crippen molar-refractivity contribution in [3.8, 4) is 0 Å². The Morgan fingerprint density at radius 3 is 2.50 bits per heavy atom. The Balaban J connectivity index is 2.65. The molecule has 0 radical (unpaired) electrons. The number of unbranched alkanes of at least 4 members (excludes halogenated alkanes) is 3. The van der Waals surface area contributed by atoms with E-state index < -0.39 is 0 Å². The minimum absolute atomic E-state index is 0.415. The molecule has 0 saturated heterocycles. The molecule has 0 nitrogen and oxygen atoms in total. The van der Waals surface area contributed by atoms with Gasteiger partial charge in [-0.05, 0) is 0 Å². The second-order valence-corrected chi connectivity index (χ2v) is 8.31. The average molecular weight is 180 g/mol. The van der Waals surface area contributed by atoms with Crippen molar-refractivity contribution in [2.45, 2.75) is 39.5 Å². The quantitative estimate of drug-likeness (QED) is 0.416. The van der Waals surface area contributed by atoms with Crippen LogP contribution in [0.5, 0.6) is 0 Å². The van der Waals surface area contributed by atoms with Crippen molar-refractivity contribution in [2.75, 3.05) is 12.3 Å². The summed E-state index contributed by atoms with van der Waals surface area (Å²) in [5, 5.41) is 0. The van der Waals surface area contributed by atoms with Crippen LogP contribution in [-0.2, 0) is 0 Å². The first-order chi connectivity index (χ1) is 4.91. The maximum atomic E-state index is 2.34. The van der Waals surface area contributed by atoms with E-state index in [1.54, 1.807) is 6.16 Å². The molecule has 10 heavy (non-hydrogen) atoms. The molecule has 0 aliphatic heterocycles. The molecule has 0 heterocycles. The van der Waals surface area contributed by atoms with Gasteiger partial charge < -0.3 is 0 Å². The van der Waals surface area contributed by atoms with Gasteiger partial charge in [-0.1, -0.05) is 0 Å². The molecule has 2 heteroatoms. The molecule has 64 valence electrons. The summed E-state index contributed by atoms with van der Waals surface area (Å²) >= 11 is 0. The first-order valence-electron chi connectivity index (χ1n) is 4.62. The SMILES string of the molecule is CCCCCCP[PH3]CC. The molecule has 0 aromatic heterocycles. The van der Waals surface area contributed by atoms with E-state index in [1.165, 1.54) is 40.1 Å². The van der Waals surface area contributed by atoms with Crippen LogP contribution >= 0.6 is 16.5 Å². The molecule has 1 unspecified atom stereocenters. The van der Waals surface area contributed by atoms with Gasteiger partial charge in [-0.2, -0.15) is 0 Å². The van der Waals surface area contributed by atoms with Crippen molar-refractivity contribution in [1.29, 1.82) is 0 Å². The molecular weight excluding hydrogens is 158 g/mol. The van der Waals surface area contributed by atoms with Gasteiger partial charge >= 0.3 is 68.4 Å². The Bertz CT molecular complexity index is 47.2. The second kappa shape index (κ2) is 9.86. The molecule has 1 atom stereocenters. The number of rotatable bonds is 7. The van der Waals surface area contributed by atoms with Crippen LogP contribution in [0.4, 0.5) is 0 Å². The number of hydrogen-bond donors (Lipinski definition) is 0. The third kappa shape index (κ3) is 8.86. The van der Waals surface area contributed by atoms with E-state index in [9.17, 15) is 0 Å². The molecule has 0 aromatic rings. The molecule has 0 N–H and O–H groups in total. The summed E-state index contributed by atoms with van der Waals surface area (Å²) < 4.78 is 0. The summed E-state index contributed by atoms with van der Waals surface area (Å²) in [7, 11) is 1.80. The van der Waals surface area contributed by atoms with E-state index in [0.717, 1.165) is 0 Å². The van der Waals surface area contributed by atoms with Gasteiger partial charge in [-0.3, -0.25) is 0 Å². The number of hydrogen-bond acceptors (Lipinski definition) is 0. The van der Waals surface area contributed by atoms with Gasteiger partial charge in [-0.25, -0.2) is 0 Å². The van der Waals surface area contributed by atoms with Crippen molar-refractivity contribution in [3.05, 3.63) is 0 Å². The van der Waals surface area contributed by atoms with E-state index in [1.807, 2.05) is 0 Å². The van der Waals surface area contributed by atoms with Crippen LogP contribution < -0.4 is 0 Å². The summed E-state index contributed by atoms with van der Waals surface area (Å²) in [5.41, 5.74) is 0. The predicted molar refractivity (Wildman–Crippen MR) is 59.0 cm³/mol. The van der Waals surface area contributed by atoms with Gasteiger partial charge in [-0.15, -0.1) is 0 Å². The van der Waals surface area contributed by atoms with Crippen LogP contribution in [0.15, 0.2) is 0 Å². The Hall–Kier alpha value is 0.860. The molecule has 0 rings (SSSR count). The fraction of sp³-hybridized carbons (Fsp3) is 1.00. The Labute approximate surface area is 69.0 Å². The molecule has 0 saturated carbocycles. The summed E-state index contributed by atoms with van der Waals surface area (Å²) in [5.74, 6) is 0. The van der Waals surface area contributed by atoms with Crippen LogP contribution in [0.1, 0.15) is 39.5 Å². The van der Waals surface area contributed by atoms with E-state index in [2.05, 4.69) is 13.8 Å².